The molecule has 0 amide bonds. The number of nitriles is 1. The van der Waals surface area contributed by atoms with Crippen molar-refractivity contribution in [3.8, 4) is 28.3 Å². The Bertz CT molecular complexity index is 1350. The number of nitrogens with zero attached hydrogens (tertiary/aromatic N) is 1. The molecule has 34 heavy (non-hydrogen) atoms. The van der Waals surface area contributed by atoms with Crippen molar-refractivity contribution in [3.05, 3.63) is 95.1 Å². The van der Waals surface area contributed by atoms with E-state index in [9.17, 15) is 4.39 Å². The van der Waals surface area contributed by atoms with Gasteiger partial charge in [0.2, 0.25) is 0 Å². The van der Waals surface area contributed by atoms with Crippen LogP contribution < -0.4 is 0 Å². The van der Waals surface area contributed by atoms with E-state index < -0.39 is 5.82 Å². The lowest BCUT2D eigenvalue weighted by Crippen LogP contribution is -2.03. The second-order valence-electron chi connectivity index (χ2n) is 8.78. The molecule has 0 aliphatic rings. The molecule has 0 heterocycles. The van der Waals surface area contributed by atoms with Crippen molar-refractivity contribution < 1.29 is 8.78 Å². The largest absolute Gasteiger partial charge is 0.206 e. The van der Waals surface area contributed by atoms with Crippen LogP contribution in [0, 0.1) is 23.0 Å². The summed E-state index contributed by atoms with van der Waals surface area (Å²) in [5.41, 5.74) is 5.45. The first-order chi connectivity index (χ1) is 16.6. The maximum atomic E-state index is 16.0. The second kappa shape index (κ2) is 10.6. The van der Waals surface area contributed by atoms with Gasteiger partial charge >= 0.3 is 0 Å². The number of aryl methyl sites for hydroxylation is 1. The third-order valence-corrected chi connectivity index (χ3v) is 6.53. The molecule has 172 valence electrons. The van der Waals surface area contributed by atoms with E-state index in [1.54, 1.807) is 6.07 Å². The van der Waals surface area contributed by atoms with Crippen molar-refractivity contribution in [1.82, 2.24) is 0 Å². The third-order valence-electron chi connectivity index (χ3n) is 6.53. The highest BCUT2D eigenvalue weighted by atomic mass is 19.1. The van der Waals surface area contributed by atoms with Crippen molar-refractivity contribution in [2.75, 3.05) is 0 Å². The number of fused-ring (bicyclic) bond motifs is 1. The van der Waals surface area contributed by atoms with Crippen LogP contribution in [0.15, 0.2) is 66.7 Å². The molecule has 1 nitrogen and oxygen atoms in total. The molecule has 0 saturated heterocycles. The fraction of sp³-hybridized carbons (Fsp3) is 0.258. The van der Waals surface area contributed by atoms with Gasteiger partial charge in [0.25, 0.3) is 0 Å². The molecular formula is C31H29F2N. The Labute approximate surface area is 200 Å². The topological polar surface area (TPSA) is 23.8 Å². The lowest BCUT2D eigenvalue weighted by molar-refractivity contribution is 0.624. The van der Waals surface area contributed by atoms with E-state index in [1.165, 1.54) is 17.7 Å². The number of hydrogen-bond acceptors (Lipinski definition) is 1. The van der Waals surface area contributed by atoms with Gasteiger partial charge in [0.05, 0.1) is 5.56 Å². The van der Waals surface area contributed by atoms with E-state index in [4.69, 9.17) is 5.26 Å². The summed E-state index contributed by atoms with van der Waals surface area (Å²) in [6.45, 7) is 4.34. The van der Waals surface area contributed by atoms with Gasteiger partial charge in [0, 0.05) is 10.9 Å². The molecule has 0 spiro atoms. The Hall–Kier alpha value is -3.51. The minimum atomic E-state index is -0.535. The number of hydrogen-bond donors (Lipinski definition) is 0. The molecule has 4 rings (SSSR count). The summed E-state index contributed by atoms with van der Waals surface area (Å²) in [6.07, 6.45) is 5.99. The molecule has 0 aromatic heterocycles. The van der Waals surface area contributed by atoms with E-state index in [0.717, 1.165) is 60.6 Å². The van der Waals surface area contributed by atoms with Crippen LogP contribution >= 0.6 is 0 Å². The van der Waals surface area contributed by atoms with Crippen LogP contribution in [0.4, 0.5) is 8.78 Å². The van der Waals surface area contributed by atoms with Gasteiger partial charge in [0.1, 0.15) is 17.7 Å². The van der Waals surface area contributed by atoms with Gasteiger partial charge in [-0.25, -0.2) is 8.78 Å². The average molecular weight is 454 g/mol. The number of halogens is 2. The zero-order valence-corrected chi connectivity index (χ0v) is 19.8. The Balaban J connectivity index is 1.86. The van der Waals surface area contributed by atoms with E-state index in [2.05, 4.69) is 13.8 Å². The molecule has 0 radical (unpaired) electrons. The quantitative estimate of drug-likeness (QED) is 0.261. The lowest BCUT2D eigenvalue weighted by atomic mass is 9.85. The summed E-state index contributed by atoms with van der Waals surface area (Å²) in [7, 11) is 0. The predicted molar refractivity (Wildman–Crippen MR) is 137 cm³/mol. The van der Waals surface area contributed by atoms with Crippen LogP contribution in [0.3, 0.4) is 0 Å². The van der Waals surface area contributed by atoms with Crippen molar-refractivity contribution >= 4 is 10.8 Å². The van der Waals surface area contributed by atoms with E-state index in [0.29, 0.717) is 16.5 Å². The van der Waals surface area contributed by atoms with Crippen LogP contribution in [0.2, 0.25) is 0 Å². The third kappa shape index (κ3) is 4.59. The lowest BCUT2D eigenvalue weighted by Gasteiger charge is -2.20. The summed E-state index contributed by atoms with van der Waals surface area (Å²) >= 11 is 0. The summed E-state index contributed by atoms with van der Waals surface area (Å²) in [5, 5.41) is 10.7. The number of benzene rings is 4. The molecule has 0 aliphatic carbocycles. The maximum absolute atomic E-state index is 16.0. The van der Waals surface area contributed by atoms with E-state index >= 15 is 4.39 Å². The highest BCUT2D eigenvalue weighted by Crippen LogP contribution is 2.38. The fourth-order valence-electron chi connectivity index (χ4n) is 4.70. The van der Waals surface area contributed by atoms with Crippen molar-refractivity contribution in [2.45, 2.75) is 52.4 Å². The molecule has 0 N–H and O–H groups in total. The summed E-state index contributed by atoms with van der Waals surface area (Å²) in [6, 6.07) is 21.9. The normalized spacial score (nSPS) is 11.0. The number of rotatable bonds is 8. The minimum Gasteiger partial charge on any atom is -0.206 e. The van der Waals surface area contributed by atoms with Gasteiger partial charge in [-0.1, -0.05) is 81.3 Å². The fourth-order valence-corrected chi connectivity index (χ4v) is 4.70. The van der Waals surface area contributed by atoms with Gasteiger partial charge in [-0.3, -0.25) is 0 Å². The monoisotopic (exact) mass is 453 g/mol. The Kier molecular flexibility index (Phi) is 7.38. The van der Waals surface area contributed by atoms with Gasteiger partial charge in [-0.05, 0) is 71.0 Å². The van der Waals surface area contributed by atoms with Crippen LogP contribution in [0.5, 0.6) is 0 Å². The van der Waals surface area contributed by atoms with Crippen molar-refractivity contribution in [1.29, 1.82) is 5.26 Å². The van der Waals surface area contributed by atoms with Crippen LogP contribution in [0.1, 0.15) is 56.2 Å². The average Bonchev–Trinajstić information content (AvgIpc) is 2.87. The molecule has 0 unspecified atom stereocenters. The molecule has 0 bridgehead atoms. The SMILES string of the molecule is CCCCc1c(-c2ccc(-c3ccc(C#N)c(F)c3)cc2)c(F)c2ccccc2c1CCCC. The van der Waals surface area contributed by atoms with Gasteiger partial charge in [-0.15, -0.1) is 0 Å². The molecular weight excluding hydrogens is 424 g/mol. The first kappa shape index (κ1) is 23.6. The van der Waals surface area contributed by atoms with E-state index in [1.807, 2.05) is 54.6 Å². The summed E-state index contributed by atoms with van der Waals surface area (Å²) in [4.78, 5) is 0. The van der Waals surface area contributed by atoms with Gasteiger partial charge in [0.15, 0.2) is 0 Å². The Morgan fingerprint density at radius 1 is 0.706 bits per heavy atom. The van der Waals surface area contributed by atoms with Crippen molar-refractivity contribution in [3.63, 3.8) is 0 Å². The molecule has 0 fully saturated rings. The highest BCUT2D eigenvalue weighted by Gasteiger charge is 2.20. The molecule has 0 aliphatic heterocycles. The minimum absolute atomic E-state index is 0.0266. The Morgan fingerprint density at radius 2 is 1.29 bits per heavy atom. The molecule has 4 aromatic rings. The first-order valence-corrected chi connectivity index (χ1v) is 12.1. The van der Waals surface area contributed by atoms with E-state index in [-0.39, 0.29) is 11.4 Å². The standard InChI is InChI=1S/C31H29F2N/c1-3-5-9-25-26-11-7-8-12-28(26)31(33)30(27(25)10-6-4-2)22-15-13-21(14-16-22)23-17-18-24(20-34)29(32)19-23/h7-8,11-19H,3-6,9-10H2,1-2H3. The van der Waals surface area contributed by atoms with Crippen LogP contribution in [-0.2, 0) is 12.8 Å². The first-order valence-electron chi connectivity index (χ1n) is 12.1. The molecule has 0 saturated carbocycles. The second-order valence-corrected chi connectivity index (χ2v) is 8.78. The number of unbranched alkanes of at least 4 members (excludes halogenated alkanes) is 2. The smallest absolute Gasteiger partial charge is 0.141 e. The zero-order valence-electron chi connectivity index (χ0n) is 19.8. The van der Waals surface area contributed by atoms with Crippen molar-refractivity contribution in [2.24, 2.45) is 0 Å². The van der Waals surface area contributed by atoms with Gasteiger partial charge < -0.3 is 0 Å². The zero-order chi connectivity index (χ0) is 24.1. The predicted octanol–water partition coefficient (Wildman–Crippen LogP) is 9.01. The summed E-state index contributed by atoms with van der Waals surface area (Å²) < 4.78 is 30.2. The maximum Gasteiger partial charge on any atom is 0.141 e. The van der Waals surface area contributed by atoms with Gasteiger partial charge in [-0.2, -0.15) is 5.26 Å². The molecule has 3 heteroatoms. The van der Waals surface area contributed by atoms with Crippen LogP contribution in [0.25, 0.3) is 33.0 Å². The highest BCUT2D eigenvalue weighted by molar-refractivity contribution is 5.93. The molecule has 0 atom stereocenters. The Morgan fingerprint density at radius 3 is 1.91 bits per heavy atom. The molecule has 4 aromatic carbocycles. The summed E-state index contributed by atoms with van der Waals surface area (Å²) in [5.74, 6) is -0.703. The van der Waals surface area contributed by atoms with Crippen LogP contribution in [-0.4, -0.2) is 0 Å².